The first-order chi connectivity index (χ1) is 6.06. The average molecular weight is 200 g/mol. The summed E-state index contributed by atoms with van der Waals surface area (Å²) in [6, 6.07) is 3.31. The van der Waals surface area contributed by atoms with Crippen molar-refractivity contribution < 1.29 is 9.90 Å². The highest BCUT2D eigenvalue weighted by Gasteiger charge is 2.12. The number of halogens is 1. The number of benzene rings is 1. The fraction of sp³-hybridized carbons (Fsp3) is 0.222. The highest BCUT2D eigenvalue weighted by molar-refractivity contribution is 6.34. The fourth-order valence-electron chi connectivity index (χ4n) is 1.16. The van der Waals surface area contributed by atoms with Crippen molar-refractivity contribution in [1.29, 1.82) is 0 Å². The lowest BCUT2D eigenvalue weighted by Crippen LogP contribution is -2.03. The number of carboxylic acids is 1. The van der Waals surface area contributed by atoms with Gasteiger partial charge in [-0.2, -0.15) is 0 Å². The Morgan fingerprint density at radius 1 is 1.54 bits per heavy atom. The first-order valence-corrected chi connectivity index (χ1v) is 4.15. The standard InChI is InChI=1S/C9H10ClNO2/c1-5-3-6(9(12)13)8(11-2)7(10)4-5/h3-4,11H,1-2H3,(H,12,13). The molecule has 0 atom stereocenters. The van der Waals surface area contributed by atoms with E-state index in [0.717, 1.165) is 5.56 Å². The predicted molar refractivity (Wildman–Crippen MR) is 52.7 cm³/mol. The van der Waals surface area contributed by atoms with Gasteiger partial charge in [0.05, 0.1) is 16.3 Å². The Labute approximate surface area is 81.3 Å². The molecule has 0 spiro atoms. The van der Waals surface area contributed by atoms with E-state index >= 15 is 0 Å². The van der Waals surface area contributed by atoms with Crippen molar-refractivity contribution in [3.63, 3.8) is 0 Å². The maximum Gasteiger partial charge on any atom is 0.337 e. The highest BCUT2D eigenvalue weighted by atomic mass is 35.5. The quantitative estimate of drug-likeness (QED) is 0.769. The van der Waals surface area contributed by atoms with E-state index in [2.05, 4.69) is 5.32 Å². The van der Waals surface area contributed by atoms with Crippen LogP contribution >= 0.6 is 11.6 Å². The Morgan fingerprint density at radius 2 is 2.15 bits per heavy atom. The molecule has 0 radical (unpaired) electrons. The smallest absolute Gasteiger partial charge is 0.337 e. The summed E-state index contributed by atoms with van der Waals surface area (Å²) in [4.78, 5) is 10.8. The summed E-state index contributed by atoms with van der Waals surface area (Å²) in [6.07, 6.45) is 0. The zero-order valence-corrected chi connectivity index (χ0v) is 8.14. The van der Waals surface area contributed by atoms with Crippen molar-refractivity contribution in [2.45, 2.75) is 6.92 Å². The first kappa shape index (κ1) is 9.86. The minimum absolute atomic E-state index is 0.201. The van der Waals surface area contributed by atoms with Gasteiger partial charge in [0.15, 0.2) is 0 Å². The van der Waals surface area contributed by atoms with Crippen molar-refractivity contribution in [1.82, 2.24) is 0 Å². The molecule has 0 heterocycles. The van der Waals surface area contributed by atoms with Crippen molar-refractivity contribution >= 4 is 23.3 Å². The number of aryl methyl sites for hydroxylation is 1. The van der Waals surface area contributed by atoms with Gasteiger partial charge in [-0.05, 0) is 24.6 Å². The highest BCUT2D eigenvalue weighted by Crippen LogP contribution is 2.27. The molecular formula is C9H10ClNO2. The van der Waals surface area contributed by atoms with Crippen LogP contribution in [0.5, 0.6) is 0 Å². The lowest BCUT2D eigenvalue weighted by molar-refractivity contribution is 0.0698. The van der Waals surface area contributed by atoms with Crippen LogP contribution in [0, 0.1) is 6.92 Å². The van der Waals surface area contributed by atoms with Crippen LogP contribution in [-0.2, 0) is 0 Å². The normalized spacial score (nSPS) is 9.77. The maximum atomic E-state index is 10.8. The predicted octanol–water partition coefficient (Wildman–Crippen LogP) is 2.39. The third-order valence-electron chi connectivity index (χ3n) is 1.71. The molecule has 4 heteroatoms. The maximum absolute atomic E-state index is 10.8. The number of carbonyl (C=O) groups is 1. The Bertz CT molecular complexity index is 350. The summed E-state index contributed by atoms with van der Waals surface area (Å²) >= 11 is 5.85. The van der Waals surface area contributed by atoms with Gasteiger partial charge in [0, 0.05) is 7.05 Å². The van der Waals surface area contributed by atoms with Gasteiger partial charge in [-0.1, -0.05) is 11.6 Å². The Morgan fingerprint density at radius 3 is 2.62 bits per heavy atom. The van der Waals surface area contributed by atoms with Gasteiger partial charge in [-0.3, -0.25) is 0 Å². The first-order valence-electron chi connectivity index (χ1n) is 3.77. The number of carboxylic acid groups (broad SMARTS) is 1. The topological polar surface area (TPSA) is 49.3 Å². The molecule has 0 aliphatic carbocycles. The van der Waals surface area contributed by atoms with Crippen molar-refractivity contribution in [3.05, 3.63) is 28.3 Å². The van der Waals surface area contributed by atoms with E-state index < -0.39 is 5.97 Å². The monoisotopic (exact) mass is 199 g/mol. The number of hydrogen-bond donors (Lipinski definition) is 2. The molecule has 0 bridgehead atoms. The van der Waals surface area contributed by atoms with E-state index in [4.69, 9.17) is 16.7 Å². The molecule has 3 nitrogen and oxygen atoms in total. The third kappa shape index (κ3) is 1.92. The van der Waals surface area contributed by atoms with E-state index in [9.17, 15) is 4.79 Å². The van der Waals surface area contributed by atoms with Gasteiger partial charge in [-0.25, -0.2) is 4.79 Å². The molecular weight excluding hydrogens is 190 g/mol. The molecule has 0 fully saturated rings. The van der Waals surface area contributed by atoms with Gasteiger partial charge < -0.3 is 10.4 Å². The number of hydrogen-bond acceptors (Lipinski definition) is 2. The van der Waals surface area contributed by atoms with E-state index in [0.29, 0.717) is 10.7 Å². The van der Waals surface area contributed by atoms with Gasteiger partial charge >= 0.3 is 5.97 Å². The second-order valence-corrected chi connectivity index (χ2v) is 3.13. The number of nitrogens with one attached hydrogen (secondary N) is 1. The lowest BCUT2D eigenvalue weighted by atomic mass is 10.1. The van der Waals surface area contributed by atoms with E-state index in [-0.39, 0.29) is 5.56 Å². The average Bonchev–Trinajstić information content (AvgIpc) is 2.02. The number of anilines is 1. The van der Waals surface area contributed by atoms with E-state index in [1.165, 1.54) is 0 Å². The molecule has 0 aromatic heterocycles. The Kier molecular flexibility index (Phi) is 2.78. The molecule has 2 N–H and O–H groups in total. The molecule has 1 aromatic rings. The molecule has 0 saturated carbocycles. The van der Waals surface area contributed by atoms with Crippen LogP contribution in [0.4, 0.5) is 5.69 Å². The zero-order chi connectivity index (χ0) is 10.0. The van der Waals surface area contributed by atoms with Crippen LogP contribution < -0.4 is 5.32 Å². The molecule has 0 aliphatic heterocycles. The van der Waals surface area contributed by atoms with Crippen molar-refractivity contribution in [2.75, 3.05) is 12.4 Å². The second kappa shape index (κ2) is 3.66. The van der Waals surface area contributed by atoms with Gasteiger partial charge in [0.1, 0.15) is 0 Å². The van der Waals surface area contributed by atoms with Crippen molar-refractivity contribution in [2.24, 2.45) is 0 Å². The Hall–Kier alpha value is -1.22. The van der Waals surface area contributed by atoms with Crippen LogP contribution in [0.2, 0.25) is 5.02 Å². The molecule has 0 saturated heterocycles. The second-order valence-electron chi connectivity index (χ2n) is 2.72. The fourth-order valence-corrected chi connectivity index (χ4v) is 1.53. The van der Waals surface area contributed by atoms with Crippen LogP contribution in [0.3, 0.4) is 0 Å². The minimum Gasteiger partial charge on any atom is -0.478 e. The van der Waals surface area contributed by atoms with Crippen LogP contribution in [0.25, 0.3) is 0 Å². The molecule has 1 aromatic carbocycles. The minimum atomic E-state index is -0.977. The summed E-state index contributed by atoms with van der Waals surface area (Å²) in [7, 11) is 1.64. The SMILES string of the molecule is CNc1c(Cl)cc(C)cc1C(=O)O. The number of aromatic carboxylic acids is 1. The zero-order valence-electron chi connectivity index (χ0n) is 7.39. The molecule has 0 amide bonds. The van der Waals surface area contributed by atoms with E-state index in [1.807, 2.05) is 0 Å². The summed E-state index contributed by atoms with van der Waals surface area (Å²) in [5.74, 6) is -0.977. The molecule has 70 valence electrons. The summed E-state index contributed by atoms with van der Waals surface area (Å²) < 4.78 is 0. The van der Waals surface area contributed by atoms with Crippen LogP contribution in [0.15, 0.2) is 12.1 Å². The van der Waals surface area contributed by atoms with Gasteiger partial charge in [0.25, 0.3) is 0 Å². The summed E-state index contributed by atoms with van der Waals surface area (Å²) in [6.45, 7) is 1.80. The number of rotatable bonds is 2. The molecule has 1 rings (SSSR count). The third-order valence-corrected chi connectivity index (χ3v) is 2.01. The lowest BCUT2D eigenvalue weighted by Gasteiger charge is -2.08. The van der Waals surface area contributed by atoms with Crippen molar-refractivity contribution in [3.8, 4) is 0 Å². The van der Waals surface area contributed by atoms with Gasteiger partial charge in [-0.15, -0.1) is 0 Å². The Balaban J connectivity index is 3.38. The van der Waals surface area contributed by atoms with Crippen LogP contribution in [0.1, 0.15) is 15.9 Å². The van der Waals surface area contributed by atoms with E-state index in [1.54, 1.807) is 26.1 Å². The largest absolute Gasteiger partial charge is 0.478 e. The molecule has 0 unspecified atom stereocenters. The summed E-state index contributed by atoms with van der Waals surface area (Å²) in [5.41, 5.74) is 1.49. The van der Waals surface area contributed by atoms with Crippen LogP contribution in [-0.4, -0.2) is 18.1 Å². The molecule has 13 heavy (non-hydrogen) atoms. The van der Waals surface area contributed by atoms with Gasteiger partial charge in [0.2, 0.25) is 0 Å². The molecule has 0 aliphatic rings. The summed E-state index contributed by atoms with van der Waals surface area (Å²) in [5, 5.41) is 12.0.